The van der Waals surface area contributed by atoms with Crippen molar-refractivity contribution in [3.63, 3.8) is 0 Å². The summed E-state index contributed by atoms with van der Waals surface area (Å²) < 4.78 is 10.8. The van der Waals surface area contributed by atoms with E-state index >= 15 is 0 Å². The molecule has 0 aromatic heterocycles. The van der Waals surface area contributed by atoms with Gasteiger partial charge in [0.05, 0.1) is 12.2 Å². The minimum absolute atomic E-state index is 0.189. The first-order chi connectivity index (χ1) is 9.34. The summed E-state index contributed by atoms with van der Waals surface area (Å²) >= 11 is 0. The maximum atomic E-state index is 11.9. The summed E-state index contributed by atoms with van der Waals surface area (Å²) in [6, 6.07) is 7.05. The Kier molecular flexibility index (Phi) is 5.98. The Balaban J connectivity index is 2.40. The Bertz CT molecular complexity index is 446. The molecular formula is C15H24N2O3. The Morgan fingerprint density at radius 2 is 2.15 bits per heavy atom. The number of carbonyl (C=O) groups excluding carboxylic acids is 1. The minimum atomic E-state index is -0.524. The van der Waals surface area contributed by atoms with Crippen molar-refractivity contribution >= 4 is 17.3 Å². The fraction of sp³-hybridized carbons (Fsp3) is 0.533. The van der Waals surface area contributed by atoms with E-state index in [9.17, 15) is 4.79 Å². The van der Waals surface area contributed by atoms with Crippen LogP contribution >= 0.6 is 0 Å². The first-order valence-electron chi connectivity index (χ1n) is 6.67. The number of anilines is 2. The predicted octanol–water partition coefficient (Wildman–Crippen LogP) is 2.43. The van der Waals surface area contributed by atoms with Gasteiger partial charge in [-0.2, -0.15) is 0 Å². The normalized spacial score (nSPS) is 13.0. The molecule has 0 radical (unpaired) electrons. The van der Waals surface area contributed by atoms with Gasteiger partial charge in [0.15, 0.2) is 0 Å². The maximum absolute atomic E-state index is 11.9. The zero-order chi connectivity index (χ0) is 15.2. The van der Waals surface area contributed by atoms with Gasteiger partial charge in [0.1, 0.15) is 6.10 Å². The summed E-state index contributed by atoms with van der Waals surface area (Å²) in [6.45, 7) is 6.15. The highest BCUT2D eigenvalue weighted by atomic mass is 16.5. The lowest BCUT2D eigenvalue weighted by Crippen LogP contribution is -2.31. The Morgan fingerprint density at radius 1 is 1.45 bits per heavy atom. The van der Waals surface area contributed by atoms with Gasteiger partial charge in [0.25, 0.3) is 5.91 Å². The SMILES string of the molecule is COC(C)(C)CCOC(C)C(=O)Nc1cccc(N)c1. The summed E-state index contributed by atoms with van der Waals surface area (Å²) in [6.07, 6.45) is 0.198. The molecule has 20 heavy (non-hydrogen) atoms. The first-order valence-corrected chi connectivity index (χ1v) is 6.67. The number of benzene rings is 1. The van der Waals surface area contributed by atoms with E-state index in [1.54, 1.807) is 38.3 Å². The van der Waals surface area contributed by atoms with Gasteiger partial charge >= 0.3 is 0 Å². The molecule has 1 rings (SSSR count). The van der Waals surface area contributed by atoms with Gasteiger partial charge in [0, 0.05) is 18.5 Å². The number of nitrogen functional groups attached to an aromatic ring is 1. The van der Waals surface area contributed by atoms with Crippen molar-refractivity contribution in [1.29, 1.82) is 0 Å². The maximum Gasteiger partial charge on any atom is 0.253 e. The first kappa shape index (κ1) is 16.5. The molecule has 1 aromatic rings. The summed E-state index contributed by atoms with van der Waals surface area (Å²) in [7, 11) is 1.66. The molecule has 112 valence electrons. The quantitative estimate of drug-likeness (QED) is 0.752. The highest BCUT2D eigenvalue weighted by molar-refractivity contribution is 5.94. The third-order valence-corrected chi connectivity index (χ3v) is 3.15. The number of nitrogens with two attached hydrogens (primary N) is 1. The predicted molar refractivity (Wildman–Crippen MR) is 80.6 cm³/mol. The number of rotatable bonds is 7. The van der Waals surface area contributed by atoms with Crippen LogP contribution in [0.3, 0.4) is 0 Å². The molecule has 0 bridgehead atoms. The molecule has 0 saturated heterocycles. The summed E-state index contributed by atoms with van der Waals surface area (Å²) in [5, 5.41) is 2.77. The van der Waals surface area contributed by atoms with Gasteiger partial charge in [-0.25, -0.2) is 0 Å². The van der Waals surface area contributed by atoms with Gasteiger partial charge in [-0.05, 0) is 45.4 Å². The van der Waals surface area contributed by atoms with E-state index in [1.807, 2.05) is 13.8 Å². The van der Waals surface area contributed by atoms with Gasteiger partial charge in [-0.1, -0.05) is 6.07 Å². The number of hydrogen-bond donors (Lipinski definition) is 2. The van der Waals surface area contributed by atoms with Crippen molar-refractivity contribution in [1.82, 2.24) is 0 Å². The van der Waals surface area contributed by atoms with E-state index in [1.165, 1.54) is 0 Å². The van der Waals surface area contributed by atoms with Crippen LogP contribution in [-0.2, 0) is 14.3 Å². The number of carbonyl (C=O) groups is 1. The number of hydrogen-bond acceptors (Lipinski definition) is 4. The Hall–Kier alpha value is -1.59. The van der Waals surface area contributed by atoms with E-state index in [0.717, 1.165) is 6.42 Å². The molecule has 3 N–H and O–H groups in total. The number of ether oxygens (including phenoxy) is 2. The van der Waals surface area contributed by atoms with E-state index in [2.05, 4.69) is 5.32 Å². The second-order valence-electron chi connectivity index (χ2n) is 5.34. The monoisotopic (exact) mass is 280 g/mol. The van der Waals surface area contributed by atoms with Gasteiger partial charge in [-0.15, -0.1) is 0 Å². The summed E-state index contributed by atoms with van der Waals surface area (Å²) in [4.78, 5) is 11.9. The van der Waals surface area contributed by atoms with Crippen LogP contribution in [0.2, 0.25) is 0 Å². The molecule has 0 fully saturated rings. The molecule has 5 nitrogen and oxygen atoms in total. The van der Waals surface area contributed by atoms with Crippen LogP contribution in [0, 0.1) is 0 Å². The molecule has 1 aromatic carbocycles. The minimum Gasteiger partial charge on any atom is -0.399 e. The van der Waals surface area contributed by atoms with Gasteiger partial charge in [0.2, 0.25) is 0 Å². The van der Waals surface area contributed by atoms with E-state index < -0.39 is 6.10 Å². The number of amides is 1. The van der Waals surface area contributed by atoms with Crippen LogP contribution in [0.15, 0.2) is 24.3 Å². The van der Waals surface area contributed by atoms with Crippen molar-refractivity contribution in [3.05, 3.63) is 24.3 Å². The second-order valence-corrected chi connectivity index (χ2v) is 5.34. The molecule has 1 unspecified atom stereocenters. The Morgan fingerprint density at radius 3 is 2.75 bits per heavy atom. The standard InChI is InChI=1S/C15H24N2O3/c1-11(20-9-8-15(2,3)19-4)14(18)17-13-7-5-6-12(16)10-13/h5-7,10-11H,8-9,16H2,1-4H3,(H,17,18). The lowest BCUT2D eigenvalue weighted by Gasteiger charge is -2.23. The van der Waals surface area contributed by atoms with E-state index in [4.69, 9.17) is 15.2 Å². The Labute approximate surface area is 120 Å². The third kappa shape index (κ3) is 5.59. The van der Waals surface area contributed by atoms with E-state index in [0.29, 0.717) is 18.0 Å². The van der Waals surface area contributed by atoms with Gasteiger partial charge < -0.3 is 20.5 Å². The molecule has 5 heteroatoms. The van der Waals surface area contributed by atoms with Crippen molar-refractivity contribution in [2.75, 3.05) is 24.8 Å². The summed E-state index contributed by atoms with van der Waals surface area (Å²) in [5.41, 5.74) is 6.69. The van der Waals surface area contributed by atoms with Crippen molar-refractivity contribution in [2.45, 2.75) is 38.9 Å². The molecule has 1 amide bonds. The molecule has 0 aliphatic rings. The molecular weight excluding hydrogens is 256 g/mol. The molecule has 0 heterocycles. The highest BCUT2D eigenvalue weighted by Gasteiger charge is 2.18. The number of methoxy groups -OCH3 is 1. The van der Waals surface area contributed by atoms with Crippen molar-refractivity contribution < 1.29 is 14.3 Å². The van der Waals surface area contributed by atoms with E-state index in [-0.39, 0.29) is 11.5 Å². The molecule has 1 atom stereocenters. The fourth-order valence-corrected chi connectivity index (χ4v) is 1.52. The molecule has 0 saturated carbocycles. The zero-order valence-electron chi connectivity index (χ0n) is 12.6. The molecule has 0 aliphatic heterocycles. The second kappa shape index (κ2) is 7.26. The smallest absolute Gasteiger partial charge is 0.253 e. The van der Waals surface area contributed by atoms with Crippen LogP contribution in [-0.4, -0.2) is 31.3 Å². The van der Waals surface area contributed by atoms with Crippen LogP contribution in [0.5, 0.6) is 0 Å². The molecule has 0 aliphatic carbocycles. The lowest BCUT2D eigenvalue weighted by atomic mass is 10.1. The van der Waals surface area contributed by atoms with Crippen LogP contribution in [0.25, 0.3) is 0 Å². The van der Waals surface area contributed by atoms with Crippen molar-refractivity contribution in [2.24, 2.45) is 0 Å². The fourth-order valence-electron chi connectivity index (χ4n) is 1.52. The van der Waals surface area contributed by atoms with Crippen LogP contribution in [0.4, 0.5) is 11.4 Å². The van der Waals surface area contributed by atoms with Crippen LogP contribution < -0.4 is 11.1 Å². The topological polar surface area (TPSA) is 73.6 Å². The lowest BCUT2D eigenvalue weighted by molar-refractivity contribution is -0.127. The van der Waals surface area contributed by atoms with Gasteiger partial charge in [-0.3, -0.25) is 4.79 Å². The molecule has 0 spiro atoms. The highest BCUT2D eigenvalue weighted by Crippen LogP contribution is 2.14. The average molecular weight is 280 g/mol. The third-order valence-electron chi connectivity index (χ3n) is 3.15. The van der Waals surface area contributed by atoms with Crippen LogP contribution in [0.1, 0.15) is 27.2 Å². The largest absolute Gasteiger partial charge is 0.399 e. The van der Waals surface area contributed by atoms with Crippen molar-refractivity contribution in [3.8, 4) is 0 Å². The number of nitrogens with one attached hydrogen (secondary N) is 1. The average Bonchev–Trinajstić information content (AvgIpc) is 2.38. The zero-order valence-corrected chi connectivity index (χ0v) is 12.6. The summed E-state index contributed by atoms with van der Waals surface area (Å²) in [5.74, 6) is -0.189.